The van der Waals surface area contributed by atoms with Crippen LogP contribution in [0.4, 0.5) is 0 Å². The number of aryl methyl sites for hydroxylation is 1. The fourth-order valence-corrected chi connectivity index (χ4v) is 2.89. The monoisotopic (exact) mass is 289 g/mol. The highest BCUT2D eigenvalue weighted by Crippen LogP contribution is 2.41. The van der Waals surface area contributed by atoms with Gasteiger partial charge in [0.2, 0.25) is 0 Å². The van der Waals surface area contributed by atoms with Gasteiger partial charge in [-0.2, -0.15) is 0 Å². The Hall–Kier alpha value is -1.02. The molecule has 2 heteroatoms. The van der Waals surface area contributed by atoms with Crippen LogP contribution in [-0.4, -0.2) is 18.2 Å². The Morgan fingerprint density at radius 2 is 1.29 bits per heavy atom. The first-order valence-electron chi connectivity index (χ1n) is 8.17. The van der Waals surface area contributed by atoms with E-state index in [0.29, 0.717) is 0 Å². The van der Waals surface area contributed by atoms with Crippen molar-refractivity contribution in [3.05, 3.63) is 28.8 Å². The van der Waals surface area contributed by atoms with E-state index in [0.717, 1.165) is 18.8 Å². The average Bonchev–Trinajstić information content (AvgIpc) is 2.81. The van der Waals surface area contributed by atoms with Crippen LogP contribution >= 0.6 is 0 Å². The minimum Gasteiger partial charge on any atom is -0.405 e. The van der Waals surface area contributed by atoms with Gasteiger partial charge in [0, 0.05) is 24.2 Å². The summed E-state index contributed by atoms with van der Waals surface area (Å²) in [6.07, 6.45) is 2.48. The largest absolute Gasteiger partial charge is 0.405 e. The van der Waals surface area contributed by atoms with E-state index in [4.69, 9.17) is 4.84 Å². The van der Waals surface area contributed by atoms with Gasteiger partial charge < -0.3 is 4.84 Å². The predicted octanol–water partition coefficient (Wildman–Crippen LogP) is 4.98. The fraction of sp³-hybridized carbons (Fsp3) is 0.684. The van der Waals surface area contributed by atoms with Gasteiger partial charge in [0.15, 0.2) is 5.75 Å². The molecule has 0 bridgehead atoms. The van der Waals surface area contributed by atoms with Gasteiger partial charge in [0.05, 0.1) is 0 Å². The second-order valence-corrected chi connectivity index (χ2v) is 8.42. The lowest BCUT2D eigenvalue weighted by atomic mass is 9.78. The maximum atomic E-state index is 6.38. The third kappa shape index (κ3) is 3.79. The molecule has 21 heavy (non-hydrogen) atoms. The molecule has 1 aromatic rings. The summed E-state index contributed by atoms with van der Waals surface area (Å²) in [5.41, 5.74) is 4.12. The van der Waals surface area contributed by atoms with Crippen molar-refractivity contribution in [1.29, 1.82) is 0 Å². The van der Waals surface area contributed by atoms with Gasteiger partial charge in [0.1, 0.15) is 0 Å². The highest BCUT2D eigenvalue weighted by atomic mass is 16.7. The van der Waals surface area contributed by atoms with Gasteiger partial charge in [-0.15, -0.1) is 5.06 Å². The van der Waals surface area contributed by atoms with Crippen molar-refractivity contribution in [2.75, 3.05) is 13.1 Å². The first kappa shape index (κ1) is 16.4. The Morgan fingerprint density at radius 1 is 0.857 bits per heavy atom. The zero-order chi connectivity index (χ0) is 15.8. The summed E-state index contributed by atoms with van der Waals surface area (Å²) in [4.78, 5) is 6.38. The van der Waals surface area contributed by atoms with E-state index in [1.807, 2.05) is 0 Å². The third-order valence-corrected chi connectivity index (χ3v) is 4.13. The molecule has 0 atom stereocenters. The van der Waals surface area contributed by atoms with Crippen molar-refractivity contribution in [3.8, 4) is 5.75 Å². The number of hydrogen-bond acceptors (Lipinski definition) is 2. The zero-order valence-electron chi connectivity index (χ0n) is 14.8. The molecule has 0 aromatic heterocycles. The van der Waals surface area contributed by atoms with E-state index < -0.39 is 0 Å². The standard InChI is InChI=1S/C19H31NO/c1-14-12-15(18(2,3)4)17(16(13-14)19(5,6)7)21-20-10-8-9-11-20/h12-13H,8-11H2,1-7H3. The topological polar surface area (TPSA) is 12.5 Å². The Kier molecular flexibility index (Phi) is 4.39. The van der Waals surface area contributed by atoms with Gasteiger partial charge in [-0.05, 0) is 30.6 Å². The number of hydrogen-bond donors (Lipinski definition) is 0. The minimum absolute atomic E-state index is 0.0844. The SMILES string of the molecule is Cc1cc(C(C)(C)C)c(ON2CCCC2)c(C(C)(C)C)c1. The lowest BCUT2D eigenvalue weighted by Crippen LogP contribution is -2.28. The molecule has 2 nitrogen and oxygen atoms in total. The number of hydroxylamine groups is 2. The normalized spacial score (nSPS) is 17.3. The lowest BCUT2D eigenvalue weighted by molar-refractivity contribution is -0.0379. The number of rotatable bonds is 2. The zero-order valence-corrected chi connectivity index (χ0v) is 14.8. The molecule has 2 rings (SSSR count). The van der Waals surface area contributed by atoms with Crippen LogP contribution in [0.15, 0.2) is 12.1 Å². The van der Waals surface area contributed by atoms with Gasteiger partial charge in [-0.1, -0.05) is 59.2 Å². The second-order valence-electron chi connectivity index (χ2n) is 8.42. The second kappa shape index (κ2) is 5.64. The van der Waals surface area contributed by atoms with Crippen LogP contribution in [0.25, 0.3) is 0 Å². The minimum atomic E-state index is 0.0844. The van der Waals surface area contributed by atoms with Crippen LogP contribution in [0, 0.1) is 6.92 Å². The van der Waals surface area contributed by atoms with E-state index in [-0.39, 0.29) is 10.8 Å². The summed E-state index contributed by atoms with van der Waals surface area (Å²) in [5, 5.41) is 2.13. The molecule has 0 radical (unpaired) electrons. The van der Waals surface area contributed by atoms with Gasteiger partial charge in [0.25, 0.3) is 0 Å². The molecule has 1 heterocycles. The van der Waals surface area contributed by atoms with Crippen molar-refractivity contribution >= 4 is 0 Å². The summed E-state index contributed by atoms with van der Waals surface area (Å²) in [6, 6.07) is 4.58. The lowest BCUT2D eigenvalue weighted by Gasteiger charge is -2.32. The molecule has 0 amide bonds. The Balaban J connectivity index is 2.55. The molecule has 0 saturated carbocycles. The Labute approximate surface area is 130 Å². The van der Waals surface area contributed by atoms with E-state index in [9.17, 15) is 0 Å². The smallest absolute Gasteiger partial charge is 0.154 e. The average molecular weight is 289 g/mol. The molecule has 0 unspecified atom stereocenters. The Morgan fingerprint density at radius 3 is 1.67 bits per heavy atom. The molecule has 1 aliphatic heterocycles. The summed E-state index contributed by atoms with van der Waals surface area (Å²) in [5.74, 6) is 1.09. The maximum Gasteiger partial charge on any atom is 0.154 e. The molecule has 1 aliphatic rings. The van der Waals surface area contributed by atoms with Crippen LogP contribution in [-0.2, 0) is 10.8 Å². The summed E-state index contributed by atoms with van der Waals surface area (Å²) >= 11 is 0. The van der Waals surface area contributed by atoms with Gasteiger partial charge in [-0.3, -0.25) is 0 Å². The van der Waals surface area contributed by atoms with Crippen LogP contribution in [0.2, 0.25) is 0 Å². The predicted molar refractivity (Wildman–Crippen MR) is 90.0 cm³/mol. The van der Waals surface area contributed by atoms with Gasteiger partial charge >= 0.3 is 0 Å². The van der Waals surface area contributed by atoms with Crippen LogP contribution in [0.3, 0.4) is 0 Å². The number of nitrogens with zero attached hydrogens (tertiary/aromatic N) is 1. The first-order valence-corrected chi connectivity index (χ1v) is 8.17. The van der Waals surface area contributed by atoms with Crippen molar-refractivity contribution in [2.45, 2.75) is 72.1 Å². The Bertz CT molecular complexity index is 464. The molecule has 1 saturated heterocycles. The van der Waals surface area contributed by atoms with Crippen molar-refractivity contribution in [3.63, 3.8) is 0 Å². The van der Waals surface area contributed by atoms with Crippen LogP contribution < -0.4 is 4.84 Å². The van der Waals surface area contributed by atoms with Crippen LogP contribution in [0.5, 0.6) is 5.75 Å². The highest BCUT2D eigenvalue weighted by molar-refractivity contribution is 5.50. The molecule has 0 spiro atoms. The molecular formula is C19H31NO. The van der Waals surface area contributed by atoms with Crippen molar-refractivity contribution < 1.29 is 4.84 Å². The highest BCUT2D eigenvalue weighted by Gasteiger charge is 2.29. The molecule has 1 fully saturated rings. The summed E-state index contributed by atoms with van der Waals surface area (Å²) < 4.78 is 0. The molecule has 118 valence electrons. The molecule has 0 N–H and O–H groups in total. The van der Waals surface area contributed by atoms with Crippen LogP contribution in [0.1, 0.15) is 71.1 Å². The quantitative estimate of drug-likeness (QED) is 0.761. The summed E-state index contributed by atoms with van der Waals surface area (Å²) in [6.45, 7) is 17.9. The van der Waals surface area contributed by atoms with Crippen molar-refractivity contribution in [2.24, 2.45) is 0 Å². The molecular weight excluding hydrogens is 258 g/mol. The third-order valence-electron chi connectivity index (χ3n) is 4.13. The van der Waals surface area contributed by atoms with E-state index >= 15 is 0 Å². The van der Waals surface area contributed by atoms with E-state index in [2.05, 4.69) is 65.7 Å². The van der Waals surface area contributed by atoms with E-state index in [1.165, 1.54) is 29.5 Å². The summed E-state index contributed by atoms with van der Waals surface area (Å²) in [7, 11) is 0. The number of benzene rings is 1. The molecule has 1 aromatic carbocycles. The fourth-order valence-electron chi connectivity index (χ4n) is 2.89. The van der Waals surface area contributed by atoms with Crippen molar-refractivity contribution in [1.82, 2.24) is 5.06 Å². The molecule has 0 aliphatic carbocycles. The maximum absolute atomic E-state index is 6.38. The first-order chi connectivity index (χ1) is 9.59. The van der Waals surface area contributed by atoms with E-state index in [1.54, 1.807) is 0 Å². The van der Waals surface area contributed by atoms with Gasteiger partial charge in [-0.25, -0.2) is 0 Å².